The van der Waals surface area contributed by atoms with E-state index in [4.69, 9.17) is 9.72 Å². The summed E-state index contributed by atoms with van der Waals surface area (Å²) in [4.78, 5) is 16.0. The summed E-state index contributed by atoms with van der Waals surface area (Å²) in [5.74, 6) is 2.23. The number of aryl methyl sites for hydroxylation is 1. The lowest BCUT2D eigenvalue weighted by molar-refractivity contribution is 0.0776. The van der Waals surface area contributed by atoms with Gasteiger partial charge in [-0.25, -0.2) is 19.3 Å². The zero-order valence-electron chi connectivity index (χ0n) is 22.0. The van der Waals surface area contributed by atoms with E-state index in [2.05, 4.69) is 50.4 Å². The molecule has 2 aromatic heterocycles. The molecule has 0 spiro atoms. The molecule has 7 nitrogen and oxygen atoms in total. The number of rotatable bonds is 11. The topological polar surface area (TPSA) is 74.6 Å². The molecule has 5 rings (SSSR count). The van der Waals surface area contributed by atoms with Crippen molar-refractivity contribution < 1.29 is 9.84 Å². The van der Waals surface area contributed by atoms with Crippen LogP contribution in [0.15, 0.2) is 36.7 Å². The van der Waals surface area contributed by atoms with Crippen molar-refractivity contribution in [3.63, 3.8) is 0 Å². The Bertz CT molecular complexity index is 1220. The van der Waals surface area contributed by atoms with Crippen molar-refractivity contribution >= 4 is 45.0 Å². The van der Waals surface area contributed by atoms with Crippen molar-refractivity contribution in [2.75, 3.05) is 43.4 Å². The second kappa shape index (κ2) is 11.7. The van der Waals surface area contributed by atoms with Crippen molar-refractivity contribution in [1.82, 2.24) is 19.3 Å². The third-order valence-corrected chi connectivity index (χ3v) is 8.83. The largest absolute Gasteiger partial charge is 0.470 e. The number of hydrogen-bond acceptors (Lipinski definition) is 9. The predicted molar refractivity (Wildman–Crippen MR) is 154 cm³/mol. The summed E-state index contributed by atoms with van der Waals surface area (Å²) < 4.78 is 9.65. The first-order valence-corrected chi connectivity index (χ1v) is 15.0. The van der Waals surface area contributed by atoms with E-state index in [1.165, 1.54) is 21.4 Å². The van der Waals surface area contributed by atoms with Crippen LogP contribution in [0.4, 0.5) is 5.95 Å². The molecule has 0 aliphatic carbocycles. The minimum Gasteiger partial charge on any atom is -0.470 e. The molecular formula is C28H37N5O2S2. The highest BCUT2D eigenvalue weighted by Gasteiger charge is 2.29. The van der Waals surface area contributed by atoms with Crippen LogP contribution in [-0.2, 0) is 6.42 Å². The summed E-state index contributed by atoms with van der Waals surface area (Å²) in [6.45, 7) is 10.4. The summed E-state index contributed by atoms with van der Waals surface area (Å²) >= 11 is 3.47. The van der Waals surface area contributed by atoms with Crippen molar-refractivity contribution in [2.24, 2.45) is 5.92 Å². The van der Waals surface area contributed by atoms with Crippen LogP contribution in [0.1, 0.15) is 51.2 Å². The van der Waals surface area contributed by atoms with Crippen molar-refractivity contribution in [3.8, 4) is 5.19 Å². The molecular weight excluding hydrogens is 502 g/mol. The number of benzene rings is 1. The first-order valence-electron chi connectivity index (χ1n) is 13.3. The molecule has 3 aromatic rings. The third kappa shape index (κ3) is 7.02. The minimum absolute atomic E-state index is 0.471. The van der Waals surface area contributed by atoms with Crippen LogP contribution in [-0.4, -0.2) is 68.5 Å². The van der Waals surface area contributed by atoms with Crippen LogP contribution in [0.25, 0.3) is 15.8 Å². The smallest absolute Gasteiger partial charge is 0.274 e. The second-order valence-corrected chi connectivity index (χ2v) is 12.8. The van der Waals surface area contributed by atoms with Gasteiger partial charge in [-0.15, -0.1) is 0 Å². The van der Waals surface area contributed by atoms with Crippen LogP contribution in [0.2, 0.25) is 0 Å². The Hall–Kier alpha value is -2.20. The van der Waals surface area contributed by atoms with Crippen LogP contribution in [0.5, 0.6) is 5.19 Å². The summed E-state index contributed by atoms with van der Waals surface area (Å²) in [6.07, 6.45) is 10.2. The van der Waals surface area contributed by atoms with Gasteiger partial charge in [0, 0.05) is 50.2 Å². The molecule has 4 heterocycles. The number of aromatic nitrogens is 3. The Morgan fingerprint density at radius 2 is 2.03 bits per heavy atom. The summed E-state index contributed by atoms with van der Waals surface area (Å²) in [7, 11) is 0. The molecule has 0 bridgehead atoms. The molecule has 0 atom stereocenters. The Morgan fingerprint density at radius 3 is 2.73 bits per heavy atom. The molecule has 0 unspecified atom stereocenters. The zero-order chi connectivity index (χ0) is 25.8. The molecule has 0 amide bonds. The van der Waals surface area contributed by atoms with Gasteiger partial charge in [0.15, 0.2) is 0 Å². The van der Waals surface area contributed by atoms with Gasteiger partial charge in [0.2, 0.25) is 5.95 Å². The quantitative estimate of drug-likeness (QED) is 0.322. The van der Waals surface area contributed by atoms with Crippen molar-refractivity contribution in [1.29, 1.82) is 0 Å². The van der Waals surface area contributed by atoms with Crippen LogP contribution < -0.4 is 9.64 Å². The van der Waals surface area contributed by atoms with Crippen LogP contribution >= 0.6 is 23.3 Å². The zero-order valence-corrected chi connectivity index (χ0v) is 23.7. The van der Waals surface area contributed by atoms with Crippen molar-refractivity contribution in [3.05, 3.63) is 47.8 Å². The van der Waals surface area contributed by atoms with E-state index in [9.17, 15) is 5.11 Å². The van der Waals surface area contributed by atoms with Gasteiger partial charge in [-0.3, -0.25) is 0 Å². The van der Waals surface area contributed by atoms with E-state index in [1.807, 2.05) is 38.2 Å². The number of hydrogen-bond donors (Lipinski definition) is 1. The minimum atomic E-state index is -0.593. The van der Waals surface area contributed by atoms with E-state index in [1.54, 1.807) is 11.3 Å². The van der Waals surface area contributed by atoms with E-state index in [0.717, 1.165) is 74.3 Å². The van der Waals surface area contributed by atoms with E-state index >= 15 is 0 Å². The fourth-order valence-corrected chi connectivity index (χ4v) is 6.69. The van der Waals surface area contributed by atoms with Gasteiger partial charge in [0.1, 0.15) is 0 Å². The second-order valence-electron chi connectivity index (χ2n) is 10.6. The standard InChI is InChI=1S/C28H37N5O2S2/c1-4-5-20-15-29-26(30-16-20)32-17-21(18-32)19-35-27-31-24-7-6-23(14-25(24)37-27)22-8-11-33(12-9-22)36-13-10-28(2,3)34/h6-8,14-16,21,34H,4-5,9-13,17-19H2,1-3H3. The number of thiazole rings is 1. The number of nitrogens with zero attached hydrogens (tertiary/aromatic N) is 5. The predicted octanol–water partition coefficient (Wildman–Crippen LogP) is 5.45. The third-order valence-electron chi connectivity index (χ3n) is 6.81. The van der Waals surface area contributed by atoms with Crippen molar-refractivity contribution in [2.45, 2.75) is 52.1 Å². The molecule has 1 saturated heterocycles. The summed E-state index contributed by atoms with van der Waals surface area (Å²) in [5.41, 5.74) is 4.29. The van der Waals surface area contributed by atoms with Gasteiger partial charge in [-0.2, -0.15) is 0 Å². The van der Waals surface area contributed by atoms with E-state index in [0.29, 0.717) is 12.5 Å². The average Bonchev–Trinajstić information content (AvgIpc) is 3.26. The summed E-state index contributed by atoms with van der Waals surface area (Å²) in [6, 6.07) is 6.56. The highest BCUT2D eigenvalue weighted by atomic mass is 32.2. The molecule has 9 heteroatoms. The maximum atomic E-state index is 9.91. The molecule has 1 aromatic carbocycles. The van der Waals surface area contributed by atoms with Gasteiger partial charge < -0.3 is 14.7 Å². The highest BCUT2D eigenvalue weighted by Crippen LogP contribution is 2.33. The Labute approximate surface area is 228 Å². The molecule has 0 saturated carbocycles. The van der Waals surface area contributed by atoms with Crippen LogP contribution in [0, 0.1) is 5.92 Å². The Kier molecular flexibility index (Phi) is 8.34. The molecule has 1 fully saturated rings. The molecule has 37 heavy (non-hydrogen) atoms. The van der Waals surface area contributed by atoms with Gasteiger partial charge >= 0.3 is 0 Å². The number of anilines is 1. The number of fused-ring (bicyclic) bond motifs is 1. The van der Waals surface area contributed by atoms with Gasteiger partial charge in [-0.05, 0) is 61.9 Å². The number of ether oxygens (including phenoxy) is 1. The SMILES string of the molecule is CCCc1cnc(N2CC(COc3nc4ccc(C5=CCN(SCCC(C)(C)O)CC5)cc4s3)C2)nc1. The Morgan fingerprint density at radius 1 is 1.22 bits per heavy atom. The van der Waals surface area contributed by atoms with Crippen LogP contribution in [0.3, 0.4) is 0 Å². The number of aliphatic hydroxyl groups is 1. The fraction of sp³-hybridized carbons (Fsp3) is 0.536. The maximum Gasteiger partial charge on any atom is 0.274 e. The Balaban J connectivity index is 1.10. The lowest BCUT2D eigenvalue weighted by atomic mass is 10.0. The average molecular weight is 540 g/mol. The van der Waals surface area contributed by atoms with Gasteiger partial charge in [-0.1, -0.05) is 48.8 Å². The van der Waals surface area contributed by atoms with Gasteiger partial charge in [0.05, 0.1) is 22.4 Å². The molecule has 2 aliphatic heterocycles. The highest BCUT2D eigenvalue weighted by molar-refractivity contribution is 7.97. The molecule has 198 valence electrons. The first kappa shape index (κ1) is 26.4. The molecule has 1 N–H and O–H groups in total. The normalized spacial score (nSPS) is 17.2. The monoisotopic (exact) mass is 539 g/mol. The van der Waals surface area contributed by atoms with Gasteiger partial charge in [0.25, 0.3) is 5.19 Å². The lowest BCUT2D eigenvalue weighted by Crippen LogP contribution is -2.50. The van der Waals surface area contributed by atoms with E-state index < -0.39 is 5.60 Å². The lowest BCUT2D eigenvalue weighted by Gasteiger charge is -2.38. The fourth-order valence-electron chi connectivity index (χ4n) is 4.58. The summed E-state index contributed by atoms with van der Waals surface area (Å²) in [5, 5.41) is 10.7. The molecule has 2 aliphatic rings. The maximum absolute atomic E-state index is 9.91. The molecule has 0 radical (unpaired) electrons. The first-order chi connectivity index (χ1) is 17.9. The van der Waals surface area contributed by atoms with E-state index in [-0.39, 0.29) is 0 Å².